The number of hydrogen-bond acceptors (Lipinski definition) is 5. The predicted molar refractivity (Wildman–Crippen MR) is 57.8 cm³/mol. The van der Waals surface area contributed by atoms with Crippen LogP contribution in [0.15, 0.2) is 0 Å². The molecule has 4 aliphatic rings. The van der Waals surface area contributed by atoms with Gasteiger partial charge < -0.3 is 9.47 Å². The quantitative estimate of drug-likeness (QED) is 0.653. The van der Waals surface area contributed by atoms with Crippen molar-refractivity contribution < 1.29 is 23.8 Å². The lowest BCUT2D eigenvalue weighted by Gasteiger charge is -2.33. The molecule has 6 atom stereocenters. The van der Waals surface area contributed by atoms with Crippen LogP contribution in [0.1, 0.15) is 27.2 Å². The highest BCUT2D eigenvalue weighted by Gasteiger charge is 2.80. The molecular formula is C13H16O5. The second kappa shape index (κ2) is 2.74. The van der Waals surface area contributed by atoms with Gasteiger partial charge in [-0.25, -0.2) is 0 Å². The third-order valence-corrected chi connectivity index (χ3v) is 5.17. The van der Waals surface area contributed by atoms with Crippen molar-refractivity contribution in [1.82, 2.24) is 0 Å². The Bertz CT molecular complexity index is 472. The minimum atomic E-state index is -0.911. The van der Waals surface area contributed by atoms with Crippen LogP contribution in [0.3, 0.4) is 0 Å². The van der Waals surface area contributed by atoms with Crippen molar-refractivity contribution in [2.24, 2.45) is 29.6 Å². The molecule has 1 aliphatic carbocycles. The number of carbonyl (C=O) groups is 2. The molecule has 98 valence electrons. The molecule has 4 rings (SSSR count). The van der Waals surface area contributed by atoms with Crippen molar-refractivity contribution in [3.63, 3.8) is 0 Å². The maximum Gasteiger partial charge on any atom is 0.312 e. The molecule has 0 aromatic carbocycles. The molecule has 0 radical (unpaired) electrons. The van der Waals surface area contributed by atoms with Gasteiger partial charge >= 0.3 is 11.9 Å². The highest BCUT2D eigenvalue weighted by Crippen LogP contribution is 2.68. The summed E-state index contributed by atoms with van der Waals surface area (Å²) in [5.41, 5.74) is 0. The zero-order chi connectivity index (χ0) is 12.9. The van der Waals surface area contributed by atoms with Gasteiger partial charge in [0.1, 0.15) is 0 Å². The van der Waals surface area contributed by atoms with Gasteiger partial charge in [0.15, 0.2) is 0 Å². The summed E-state index contributed by atoms with van der Waals surface area (Å²) < 4.78 is 17.0. The minimum absolute atomic E-state index is 0.0357. The maximum atomic E-state index is 12.0. The summed E-state index contributed by atoms with van der Waals surface area (Å²) >= 11 is 0. The molecule has 0 amide bonds. The van der Waals surface area contributed by atoms with E-state index in [9.17, 15) is 9.59 Å². The van der Waals surface area contributed by atoms with Crippen LogP contribution in [0.25, 0.3) is 0 Å². The van der Waals surface area contributed by atoms with E-state index in [1.165, 1.54) is 0 Å². The molecule has 3 saturated heterocycles. The molecule has 0 spiro atoms. The van der Waals surface area contributed by atoms with E-state index in [4.69, 9.17) is 14.2 Å². The van der Waals surface area contributed by atoms with Crippen LogP contribution >= 0.6 is 0 Å². The van der Waals surface area contributed by atoms with Crippen molar-refractivity contribution in [2.45, 2.75) is 38.8 Å². The SMILES string of the molecule is CC(C)[C@@]12OC(=O)[C@H]3C[C@H]4C(=O)O[C@@](C)(O1)[C@H]4[C@H]32. The van der Waals surface area contributed by atoms with E-state index in [-0.39, 0.29) is 41.5 Å². The van der Waals surface area contributed by atoms with E-state index in [1.807, 2.05) is 13.8 Å². The lowest BCUT2D eigenvalue weighted by molar-refractivity contribution is -0.301. The number of hydrogen-bond donors (Lipinski definition) is 0. The number of rotatable bonds is 1. The van der Waals surface area contributed by atoms with Crippen LogP contribution in [0.4, 0.5) is 0 Å². The Morgan fingerprint density at radius 2 is 1.72 bits per heavy atom. The molecule has 4 fully saturated rings. The molecule has 5 heteroatoms. The Hall–Kier alpha value is -1.10. The molecule has 0 unspecified atom stereocenters. The summed E-state index contributed by atoms with van der Waals surface area (Å²) in [4.78, 5) is 23.8. The van der Waals surface area contributed by atoms with E-state index in [0.29, 0.717) is 6.42 Å². The lowest BCUT2D eigenvalue weighted by Crippen LogP contribution is -2.42. The van der Waals surface area contributed by atoms with Crippen molar-refractivity contribution >= 4 is 11.9 Å². The van der Waals surface area contributed by atoms with Crippen molar-refractivity contribution in [1.29, 1.82) is 0 Å². The number of ether oxygens (including phenoxy) is 3. The molecule has 0 aromatic rings. The van der Waals surface area contributed by atoms with Gasteiger partial charge in [-0.3, -0.25) is 14.3 Å². The van der Waals surface area contributed by atoms with E-state index < -0.39 is 11.6 Å². The zero-order valence-corrected chi connectivity index (χ0v) is 10.6. The van der Waals surface area contributed by atoms with Gasteiger partial charge in [0.2, 0.25) is 11.6 Å². The highest BCUT2D eigenvalue weighted by molar-refractivity contribution is 5.83. The summed E-state index contributed by atoms with van der Waals surface area (Å²) in [5.74, 6) is -2.65. The van der Waals surface area contributed by atoms with E-state index in [1.54, 1.807) is 6.92 Å². The predicted octanol–water partition coefficient (Wildman–Crippen LogP) is 1.07. The first kappa shape index (κ1) is 10.8. The third kappa shape index (κ3) is 0.889. The van der Waals surface area contributed by atoms with Crippen LogP contribution in [0.2, 0.25) is 0 Å². The van der Waals surface area contributed by atoms with Gasteiger partial charge in [-0.2, -0.15) is 0 Å². The van der Waals surface area contributed by atoms with E-state index >= 15 is 0 Å². The fourth-order valence-corrected chi connectivity index (χ4v) is 4.53. The van der Waals surface area contributed by atoms with Crippen LogP contribution in [0, 0.1) is 29.6 Å². The average molecular weight is 252 g/mol. The van der Waals surface area contributed by atoms with Crippen molar-refractivity contribution in [3.05, 3.63) is 0 Å². The van der Waals surface area contributed by atoms with E-state index in [2.05, 4.69) is 0 Å². The molecular weight excluding hydrogens is 236 g/mol. The summed E-state index contributed by atoms with van der Waals surface area (Å²) in [5, 5.41) is 0. The Balaban J connectivity index is 1.89. The van der Waals surface area contributed by atoms with Gasteiger partial charge in [-0.1, -0.05) is 13.8 Å². The minimum Gasteiger partial charge on any atom is -0.433 e. The van der Waals surface area contributed by atoms with Gasteiger partial charge in [0, 0.05) is 24.7 Å². The second-order valence-corrected chi connectivity index (χ2v) is 6.34. The fourth-order valence-electron chi connectivity index (χ4n) is 4.53. The molecule has 0 bridgehead atoms. The number of esters is 2. The lowest BCUT2D eigenvalue weighted by atomic mass is 9.79. The largest absolute Gasteiger partial charge is 0.433 e. The molecule has 0 aromatic heterocycles. The summed E-state index contributed by atoms with van der Waals surface area (Å²) in [6, 6.07) is 0. The van der Waals surface area contributed by atoms with Gasteiger partial charge in [0.25, 0.3) is 0 Å². The standard InChI is InChI=1S/C13H16O5/c1-5(2)13-9-7(11(15)17-13)4-6-8(9)12(3,18-13)16-10(6)14/h5-9H,4H2,1-3H3/t6-,7+,8-,9+,12+,13-/m1/s1. The topological polar surface area (TPSA) is 61.8 Å². The normalized spacial score (nSPS) is 56.0. The molecule has 5 nitrogen and oxygen atoms in total. The summed E-state index contributed by atoms with van der Waals surface area (Å²) in [6.45, 7) is 5.76. The first-order chi connectivity index (χ1) is 8.39. The average Bonchev–Trinajstić information content (AvgIpc) is 2.88. The summed E-state index contributed by atoms with van der Waals surface area (Å²) in [6.07, 6.45) is 0.556. The zero-order valence-electron chi connectivity index (χ0n) is 10.6. The van der Waals surface area contributed by atoms with Gasteiger partial charge in [-0.15, -0.1) is 0 Å². The maximum absolute atomic E-state index is 12.0. The van der Waals surface area contributed by atoms with Crippen molar-refractivity contribution in [2.75, 3.05) is 0 Å². The summed E-state index contributed by atoms with van der Waals surface area (Å²) in [7, 11) is 0. The van der Waals surface area contributed by atoms with Crippen molar-refractivity contribution in [3.8, 4) is 0 Å². The van der Waals surface area contributed by atoms with Crippen LogP contribution in [0.5, 0.6) is 0 Å². The molecule has 0 N–H and O–H groups in total. The molecule has 3 heterocycles. The first-order valence-corrected chi connectivity index (χ1v) is 6.55. The Kier molecular flexibility index (Phi) is 1.64. The Morgan fingerprint density at radius 1 is 1.11 bits per heavy atom. The molecule has 1 saturated carbocycles. The highest BCUT2D eigenvalue weighted by atomic mass is 16.8. The third-order valence-electron chi connectivity index (χ3n) is 5.17. The second-order valence-electron chi connectivity index (χ2n) is 6.34. The fraction of sp³-hybridized carbons (Fsp3) is 0.846. The monoisotopic (exact) mass is 252 g/mol. The number of carbonyl (C=O) groups excluding carboxylic acids is 2. The smallest absolute Gasteiger partial charge is 0.312 e. The van der Waals surface area contributed by atoms with Crippen LogP contribution < -0.4 is 0 Å². The van der Waals surface area contributed by atoms with Gasteiger partial charge in [-0.05, 0) is 6.42 Å². The Labute approximate surface area is 105 Å². The van der Waals surface area contributed by atoms with Crippen LogP contribution in [-0.2, 0) is 23.8 Å². The van der Waals surface area contributed by atoms with Gasteiger partial charge in [0.05, 0.1) is 11.8 Å². The molecule has 18 heavy (non-hydrogen) atoms. The first-order valence-electron chi connectivity index (χ1n) is 6.55. The van der Waals surface area contributed by atoms with Crippen LogP contribution in [-0.4, -0.2) is 23.5 Å². The Morgan fingerprint density at radius 3 is 2.39 bits per heavy atom. The molecule has 3 aliphatic heterocycles. The van der Waals surface area contributed by atoms with E-state index in [0.717, 1.165) is 0 Å².